The first kappa shape index (κ1) is 14.2. The molecule has 1 aliphatic carbocycles. The van der Waals surface area contributed by atoms with Gasteiger partial charge in [-0.05, 0) is 13.0 Å². The van der Waals surface area contributed by atoms with Crippen LogP contribution in [0.2, 0.25) is 0 Å². The van der Waals surface area contributed by atoms with E-state index in [0.717, 1.165) is 0 Å². The molecule has 0 radical (unpaired) electrons. The summed E-state index contributed by atoms with van der Waals surface area (Å²) >= 11 is 5.85. The number of rotatable bonds is 1. The van der Waals surface area contributed by atoms with Gasteiger partial charge in [0.2, 0.25) is 0 Å². The van der Waals surface area contributed by atoms with Crippen LogP contribution in [0.1, 0.15) is 13.3 Å². The van der Waals surface area contributed by atoms with Crippen molar-refractivity contribution in [2.45, 2.75) is 55.1 Å². The van der Waals surface area contributed by atoms with Crippen LogP contribution in [0.25, 0.3) is 0 Å². The second-order valence-electron chi connectivity index (χ2n) is 7.10. The third-order valence-corrected chi connectivity index (χ3v) is 6.03. The fourth-order valence-electron chi connectivity index (χ4n) is 4.25. The average Bonchev–Trinajstić information content (AvgIpc) is 3.34. The number of carbonyl (C=O) groups is 2. The maximum atomic E-state index is 12.2. The normalized spacial score (nSPS) is 55.9. The van der Waals surface area contributed by atoms with E-state index in [0.29, 0.717) is 12.0 Å². The Morgan fingerprint density at radius 1 is 1.39 bits per heavy atom. The van der Waals surface area contributed by atoms with Gasteiger partial charge in [-0.15, -0.1) is 11.6 Å². The molecule has 3 saturated heterocycles. The van der Waals surface area contributed by atoms with Crippen LogP contribution >= 0.6 is 11.6 Å². The van der Waals surface area contributed by atoms with Gasteiger partial charge in [-0.3, -0.25) is 0 Å². The molecule has 8 heteroatoms. The van der Waals surface area contributed by atoms with Gasteiger partial charge >= 0.3 is 11.9 Å². The molecule has 124 valence electrons. The van der Waals surface area contributed by atoms with Gasteiger partial charge in [0.05, 0.1) is 23.0 Å². The molecule has 0 aromatic carbocycles. The van der Waals surface area contributed by atoms with Gasteiger partial charge in [-0.1, -0.05) is 0 Å². The van der Waals surface area contributed by atoms with Crippen LogP contribution in [0.5, 0.6) is 0 Å². The van der Waals surface area contributed by atoms with Crippen molar-refractivity contribution < 1.29 is 33.6 Å². The average molecular weight is 343 g/mol. The van der Waals surface area contributed by atoms with Crippen LogP contribution in [-0.2, 0) is 28.5 Å². The monoisotopic (exact) mass is 342 g/mol. The van der Waals surface area contributed by atoms with Gasteiger partial charge in [0.15, 0.2) is 5.60 Å². The summed E-state index contributed by atoms with van der Waals surface area (Å²) < 4.78 is 22.1. The summed E-state index contributed by atoms with van der Waals surface area (Å²) in [4.78, 5) is 24.3. The van der Waals surface area contributed by atoms with Crippen LogP contribution in [0.3, 0.4) is 0 Å². The molecule has 0 saturated carbocycles. The van der Waals surface area contributed by atoms with Gasteiger partial charge in [0.1, 0.15) is 30.5 Å². The van der Waals surface area contributed by atoms with E-state index in [1.807, 2.05) is 6.92 Å². The van der Waals surface area contributed by atoms with Crippen LogP contribution in [-0.4, -0.2) is 64.6 Å². The van der Waals surface area contributed by atoms with Crippen molar-refractivity contribution in [1.29, 1.82) is 0 Å². The van der Waals surface area contributed by atoms with E-state index in [1.165, 1.54) is 0 Å². The smallest absolute Gasteiger partial charge is 0.340 e. The van der Waals surface area contributed by atoms with Crippen molar-refractivity contribution >= 4 is 23.5 Å². The third kappa shape index (κ3) is 1.71. The number of esters is 2. The number of carbonyl (C=O) groups excluding carboxylic acids is 2. The minimum absolute atomic E-state index is 0.151. The highest BCUT2D eigenvalue weighted by Crippen LogP contribution is 2.55. The molecule has 0 aromatic rings. The zero-order valence-corrected chi connectivity index (χ0v) is 13.0. The molecule has 1 N–H and O–H groups in total. The number of halogens is 1. The second-order valence-corrected chi connectivity index (χ2v) is 7.36. The van der Waals surface area contributed by atoms with E-state index in [-0.39, 0.29) is 24.2 Å². The van der Waals surface area contributed by atoms with E-state index in [9.17, 15) is 14.7 Å². The van der Waals surface area contributed by atoms with E-state index < -0.39 is 41.3 Å². The van der Waals surface area contributed by atoms with Gasteiger partial charge in [-0.25, -0.2) is 9.59 Å². The summed E-state index contributed by atoms with van der Waals surface area (Å²) in [5, 5.41) is 10.7. The number of aliphatic hydroxyl groups is 1. The highest BCUT2D eigenvalue weighted by atomic mass is 35.5. The number of alkyl halides is 1. The molecular formula is C15H15ClO7. The van der Waals surface area contributed by atoms with Crippen LogP contribution < -0.4 is 0 Å². The molecule has 3 fully saturated rings. The quantitative estimate of drug-likeness (QED) is 0.396. The number of hydrogen-bond donors (Lipinski definition) is 1. The Balaban J connectivity index is 1.60. The Hall–Kier alpha value is -1.15. The first-order valence-corrected chi connectivity index (χ1v) is 8.16. The molecule has 8 atom stereocenters. The van der Waals surface area contributed by atoms with E-state index in [2.05, 4.69) is 0 Å². The highest BCUT2D eigenvalue weighted by Gasteiger charge is 2.71. The summed E-state index contributed by atoms with van der Waals surface area (Å²) in [5.74, 6) is -2.34. The summed E-state index contributed by atoms with van der Waals surface area (Å²) in [6.45, 7) is 1.92. The predicted octanol–water partition coefficient (Wildman–Crippen LogP) is -0.322. The van der Waals surface area contributed by atoms with Crippen molar-refractivity contribution in [1.82, 2.24) is 0 Å². The first-order valence-electron chi connectivity index (χ1n) is 7.63. The Morgan fingerprint density at radius 2 is 2.17 bits per heavy atom. The lowest BCUT2D eigenvalue weighted by molar-refractivity contribution is -0.156. The lowest BCUT2D eigenvalue weighted by Gasteiger charge is -2.29. The minimum atomic E-state index is -1.88. The number of ether oxygens (including phenoxy) is 4. The van der Waals surface area contributed by atoms with Gasteiger partial charge < -0.3 is 24.1 Å². The maximum Gasteiger partial charge on any atom is 0.340 e. The Bertz CT molecular complexity index is 662. The Morgan fingerprint density at radius 3 is 2.91 bits per heavy atom. The lowest BCUT2D eigenvalue weighted by atomic mass is 9.78. The lowest BCUT2D eigenvalue weighted by Crippen LogP contribution is -2.49. The molecule has 0 spiro atoms. The van der Waals surface area contributed by atoms with E-state index in [1.54, 1.807) is 6.08 Å². The van der Waals surface area contributed by atoms with Gasteiger partial charge in [0, 0.05) is 6.42 Å². The molecule has 23 heavy (non-hydrogen) atoms. The molecular weight excluding hydrogens is 328 g/mol. The number of fused-ring (bicyclic) bond motifs is 7. The Labute approximate surface area is 136 Å². The Kier molecular flexibility index (Phi) is 2.52. The molecule has 0 amide bonds. The molecule has 5 aliphatic rings. The van der Waals surface area contributed by atoms with Crippen LogP contribution in [0.4, 0.5) is 0 Å². The summed E-state index contributed by atoms with van der Waals surface area (Å²) in [7, 11) is 0. The first-order chi connectivity index (χ1) is 10.9. The van der Waals surface area contributed by atoms with Crippen LogP contribution in [0.15, 0.2) is 11.6 Å². The predicted molar refractivity (Wildman–Crippen MR) is 73.6 cm³/mol. The SMILES string of the molecule is C[C@]12C[C@@H]3OC(=O)[C@](O)(CCl)[C@H]3[C@H]3C=C(C(=O)O3)[C@H]3O[C@H]3[C@@H]1O2. The minimum Gasteiger partial charge on any atom is -0.459 e. The standard InChI is InChI=1S/C15H15ClO7/c1-14-3-7-8(15(19,4-16)13(18)21-7)6-2-5(12(17)20-6)9-10(22-9)11(14)23-14/h2,6-11,19H,3-4H2,1H3/t6-,7+,8+,9-,10-,11+,14+,15+/m1/s1. The van der Waals surface area contributed by atoms with Crippen molar-refractivity contribution in [2.75, 3.05) is 5.88 Å². The summed E-state index contributed by atoms with van der Waals surface area (Å²) in [5.41, 5.74) is -1.96. The zero-order chi connectivity index (χ0) is 16.1. The fourth-order valence-corrected chi connectivity index (χ4v) is 4.54. The topological polar surface area (TPSA) is 97.9 Å². The maximum absolute atomic E-state index is 12.2. The van der Waals surface area contributed by atoms with Crippen molar-refractivity contribution in [3.8, 4) is 0 Å². The van der Waals surface area contributed by atoms with Crippen molar-refractivity contribution in [3.05, 3.63) is 11.6 Å². The third-order valence-electron chi connectivity index (χ3n) is 5.62. The molecule has 2 bridgehead atoms. The van der Waals surface area contributed by atoms with Gasteiger partial charge in [0.25, 0.3) is 0 Å². The summed E-state index contributed by atoms with van der Waals surface area (Å²) in [6.07, 6.45) is -0.0170. The molecule has 4 aliphatic heterocycles. The molecule has 5 rings (SSSR count). The second kappa shape index (κ2) is 4.08. The van der Waals surface area contributed by atoms with Crippen LogP contribution in [0, 0.1) is 5.92 Å². The fraction of sp³-hybridized carbons (Fsp3) is 0.733. The van der Waals surface area contributed by atoms with Gasteiger partial charge in [-0.2, -0.15) is 0 Å². The molecule has 0 unspecified atom stereocenters. The van der Waals surface area contributed by atoms with Crippen molar-refractivity contribution in [3.63, 3.8) is 0 Å². The number of epoxide rings is 2. The van der Waals surface area contributed by atoms with E-state index in [4.69, 9.17) is 30.5 Å². The molecule has 4 heterocycles. The van der Waals surface area contributed by atoms with E-state index >= 15 is 0 Å². The van der Waals surface area contributed by atoms with Crippen molar-refractivity contribution in [2.24, 2.45) is 5.92 Å². The largest absolute Gasteiger partial charge is 0.459 e. The highest BCUT2D eigenvalue weighted by molar-refractivity contribution is 6.20. The summed E-state index contributed by atoms with van der Waals surface area (Å²) in [6, 6.07) is 0. The molecule has 7 nitrogen and oxygen atoms in total. The number of hydrogen-bond acceptors (Lipinski definition) is 7. The molecule has 0 aromatic heterocycles. The zero-order valence-electron chi connectivity index (χ0n) is 12.2.